The van der Waals surface area contributed by atoms with E-state index in [1.54, 1.807) is 6.33 Å². The molecule has 1 aromatic carbocycles. The summed E-state index contributed by atoms with van der Waals surface area (Å²) in [5.41, 5.74) is 2.38. The van der Waals surface area contributed by atoms with Gasteiger partial charge in [-0.15, -0.1) is 0 Å². The molecule has 1 saturated carbocycles. The fourth-order valence-corrected chi connectivity index (χ4v) is 3.01. The van der Waals surface area contributed by atoms with Crippen LogP contribution in [0.2, 0.25) is 0 Å². The normalized spacial score (nSPS) is 15.8. The average molecular weight is 273 g/mol. The van der Waals surface area contributed by atoms with E-state index in [0.717, 1.165) is 23.9 Å². The van der Waals surface area contributed by atoms with Gasteiger partial charge in [0.25, 0.3) is 5.91 Å². The van der Waals surface area contributed by atoms with E-state index in [1.807, 2.05) is 23.1 Å². The number of fused-ring (bicyclic) bond motifs is 1. The van der Waals surface area contributed by atoms with Crippen molar-refractivity contribution in [1.29, 1.82) is 0 Å². The van der Waals surface area contributed by atoms with Crippen LogP contribution in [-0.4, -0.2) is 45.1 Å². The van der Waals surface area contributed by atoms with Gasteiger partial charge in [-0.2, -0.15) is 0 Å². The molecule has 5 nitrogen and oxygen atoms in total. The van der Waals surface area contributed by atoms with Crippen molar-refractivity contribution in [2.75, 3.05) is 13.2 Å². The van der Waals surface area contributed by atoms with Crippen LogP contribution in [0.1, 0.15) is 36.0 Å². The largest absolute Gasteiger partial charge is 0.395 e. The van der Waals surface area contributed by atoms with Gasteiger partial charge in [0.2, 0.25) is 0 Å². The molecular formula is C15H19N3O2. The number of nitrogens with one attached hydrogen (secondary N) is 1. The second-order valence-corrected chi connectivity index (χ2v) is 5.29. The van der Waals surface area contributed by atoms with Crippen LogP contribution in [0.15, 0.2) is 24.5 Å². The van der Waals surface area contributed by atoms with Gasteiger partial charge in [0.05, 0.1) is 24.0 Å². The Morgan fingerprint density at radius 3 is 2.95 bits per heavy atom. The van der Waals surface area contributed by atoms with E-state index in [9.17, 15) is 9.90 Å². The molecule has 1 aliphatic carbocycles. The number of amides is 1. The standard InChI is InChI=1S/C15H19N3O2/c19-8-7-18(12-3-1-2-4-12)15(20)11-5-6-13-14(9-11)17-10-16-13/h5-6,9-10,12,19H,1-4,7-8H2,(H,16,17). The molecule has 1 heterocycles. The number of carbonyl (C=O) groups excluding carboxylic acids is 1. The van der Waals surface area contributed by atoms with Crippen LogP contribution in [0.25, 0.3) is 11.0 Å². The third-order valence-electron chi connectivity index (χ3n) is 4.03. The summed E-state index contributed by atoms with van der Waals surface area (Å²) in [6, 6.07) is 5.77. The highest BCUT2D eigenvalue weighted by Crippen LogP contribution is 2.25. The summed E-state index contributed by atoms with van der Waals surface area (Å²) in [6.07, 6.45) is 6.04. The van der Waals surface area contributed by atoms with Gasteiger partial charge in [-0.1, -0.05) is 12.8 Å². The maximum Gasteiger partial charge on any atom is 0.254 e. The lowest BCUT2D eigenvalue weighted by molar-refractivity contribution is 0.0638. The number of benzene rings is 1. The number of imidazole rings is 1. The summed E-state index contributed by atoms with van der Waals surface area (Å²) < 4.78 is 0. The highest BCUT2D eigenvalue weighted by atomic mass is 16.3. The molecule has 106 valence electrons. The molecule has 2 N–H and O–H groups in total. The number of hydrogen-bond donors (Lipinski definition) is 2. The summed E-state index contributed by atoms with van der Waals surface area (Å²) in [7, 11) is 0. The topological polar surface area (TPSA) is 69.2 Å². The SMILES string of the molecule is O=C(c1ccc2nc[nH]c2c1)N(CCO)C1CCCC1. The van der Waals surface area contributed by atoms with Crippen molar-refractivity contribution in [2.45, 2.75) is 31.7 Å². The summed E-state index contributed by atoms with van der Waals surface area (Å²) in [4.78, 5) is 21.7. The van der Waals surface area contributed by atoms with Crippen molar-refractivity contribution in [1.82, 2.24) is 14.9 Å². The highest BCUT2D eigenvalue weighted by molar-refractivity contribution is 5.97. The van der Waals surface area contributed by atoms with Crippen LogP contribution >= 0.6 is 0 Å². The molecule has 0 radical (unpaired) electrons. The quantitative estimate of drug-likeness (QED) is 0.894. The zero-order chi connectivity index (χ0) is 13.9. The Bertz CT molecular complexity index is 602. The summed E-state index contributed by atoms with van der Waals surface area (Å²) in [6.45, 7) is 0.416. The van der Waals surface area contributed by atoms with E-state index < -0.39 is 0 Å². The third-order valence-corrected chi connectivity index (χ3v) is 4.03. The predicted octanol–water partition coefficient (Wildman–Crippen LogP) is 1.94. The number of aliphatic hydroxyl groups excluding tert-OH is 1. The van der Waals surface area contributed by atoms with Crippen LogP contribution in [0.3, 0.4) is 0 Å². The number of aliphatic hydroxyl groups is 1. The van der Waals surface area contributed by atoms with Gasteiger partial charge in [-0.3, -0.25) is 4.79 Å². The van der Waals surface area contributed by atoms with Gasteiger partial charge < -0.3 is 15.0 Å². The lowest BCUT2D eigenvalue weighted by Gasteiger charge is -2.28. The maximum absolute atomic E-state index is 12.7. The molecule has 0 spiro atoms. The minimum absolute atomic E-state index is 0.00227. The fourth-order valence-electron chi connectivity index (χ4n) is 3.01. The minimum Gasteiger partial charge on any atom is -0.395 e. The zero-order valence-electron chi connectivity index (χ0n) is 11.4. The van der Waals surface area contributed by atoms with E-state index in [-0.39, 0.29) is 18.6 Å². The first kappa shape index (κ1) is 13.1. The lowest BCUT2D eigenvalue weighted by Crippen LogP contribution is -2.40. The van der Waals surface area contributed by atoms with E-state index in [2.05, 4.69) is 9.97 Å². The number of hydrogen-bond acceptors (Lipinski definition) is 3. The Morgan fingerprint density at radius 2 is 2.20 bits per heavy atom. The Labute approximate surface area is 117 Å². The molecule has 3 rings (SSSR count). The predicted molar refractivity (Wildman–Crippen MR) is 76.5 cm³/mol. The maximum atomic E-state index is 12.7. The van der Waals surface area contributed by atoms with Crippen LogP contribution in [0, 0.1) is 0 Å². The molecule has 0 unspecified atom stereocenters. The highest BCUT2D eigenvalue weighted by Gasteiger charge is 2.27. The number of aromatic amines is 1. The molecule has 2 aromatic rings. The van der Waals surface area contributed by atoms with Crippen LogP contribution in [0.5, 0.6) is 0 Å². The Hall–Kier alpha value is -1.88. The third kappa shape index (κ3) is 2.41. The monoisotopic (exact) mass is 273 g/mol. The first-order valence-corrected chi connectivity index (χ1v) is 7.14. The molecule has 0 bridgehead atoms. The van der Waals surface area contributed by atoms with Crippen molar-refractivity contribution < 1.29 is 9.90 Å². The van der Waals surface area contributed by atoms with Gasteiger partial charge in [-0.05, 0) is 31.0 Å². The van der Waals surface area contributed by atoms with Crippen LogP contribution in [0.4, 0.5) is 0 Å². The minimum atomic E-state index is 0.00227. The Kier molecular flexibility index (Phi) is 3.69. The number of carbonyl (C=O) groups is 1. The average Bonchev–Trinajstić information content (AvgIpc) is 3.13. The van der Waals surface area contributed by atoms with Crippen molar-refractivity contribution in [2.24, 2.45) is 0 Å². The number of rotatable bonds is 4. The number of nitrogens with zero attached hydrogens (tertiary/aromatic N) is 2. The van der Waals surface area contributed by atoms with Crippen molar-refractivity contribution in [3.63, 3.8) is 0 Å². The second-order valence-electron chi connectivity index (χ2n) is 5.29. The van der Waals surface area contributed by atoms with Gasteiger partial charge in [-0.25, -0.2) is 4.98 Å². The molecule has 1 fully saturated rings. The Balaban J connectivity index is 1.87. The van der Waals surface area contributed by atoms with Crippen LogP contribution in [-0.2, 0) is 0 Å². The zero-order valence-corrected chi connectivity index (χ0v) is 11.4. The van der Waals surface area contributed by atoms with Gasteiger partial charge >= 0.3 is 0 Å². The smallest absolute Gasteiger partial charge is 0.254 e. The first-order chi connectivity index (χ1) is 9.79. The summed E-state index contributed by atoms with van der Waals surface area (Å²) >= 11 is 0. The molecule has 1 aromatic heterocycles. The molecule has 0 aliphatic heterocycles. The number of aromatic nitrogens is 2. The molecule has 1 amide bonds. The van der Waals surface area contributed by atoms with E-state index in [4.69, 9.17) is 0 Å². The van der Waals surface area contributed by atoms with Crippen molar-refractivity contribution in [3.8, 4) is 0 Å². The van der Waals surface area contributed by atoms with Crippen molar-refractivity contribution in [3.05, 3.63) is 30.1 Å². The molecule has 20 heavy (non-hydrogen) atoms. The molecule has 0 saturated heterocycles. The molecule has 1 aliphatic rings. The Morgan fingerprint density at radius 1 is 1.40 bits per heavy atom. The van der Waals surface area contributed by atoms with Crippen LogP contribution < -0.4 is 0 Å². The van der Waals surface area contributed by atoms with E-state index in [1.165, 1.54) is 12.8 Å². The van der Waals surface area contributed by atoms with Gasteiger partial charge in [0.15, 0.2) is 0 Å². The van der Waals surface area contributed by atoms with Crippen molar-refractivity contribution >= 4 is 16.9 Å². The van der Waals surface area contributed by atoms with Gasteiger partial charge in [0.1, 0.15) is 0 Å². The fraction of sp³-hybridized carbons (Fsp3) is 0.467. The molecule has 0 atom stereocenters. The first-order valence-electron chi connectivity index (χ1n) is 7.14. The number of H-pyrrole nitrogens is 1. The molecular weight excluding hydrogens is 254 g/mol. The summed E-state index contributed by atoms with van der Waals surface area (Å²) in [5, 5.41) is 9.22. The van der Waals surface area contributed by atoms with E-state index >= 15 is 0 Å². The lowest BCUT2D eigenvalue weighted by atomic mass is 10.1. The van der Waals surface area contributed by atoms with Gasteiger partial charge in [0, 0.05) is 18.2 Å². The second kappa shape index (κ2) is 5.63. The van der Waals surface area contributed by atoms with E-state index in [0.29, 0.717) is 12.1 Å². The molecule has 5 heteroatoms. The summed E-state index contributed by atoms with van der Waals surface area (Å²) in [5.74, 6) is 0.00227.